The summed E-state index contributed by atoms with van der Waals surface area (Å²) in [6, 6.07) is 5.35. The summed E-state index contributed by atoms with van der Waals surface area (Å²) in [5.74, 6) is -0.313. The van der Waals surface area contributed by atoms with Crippen LogP contribution in [0.1, 0.15) is 17.3 Å². The number of nitrogens with one attached hydrogen (secondary N) is 1. The fraction of sp³-hybridized carbons (Fsp3) is 0.273. The number of hydrogen-bond acceptors (Lipinski definition) is 4. The van der Waals surface area contributed by atoms with Crippen molar-refractivity contribution in [1.29, 1.82) is 5.41 Å². The minimum absolute atomic E-state index is 0.313. The maximum atomic E-state index is 11.5. The SMILES string of the molecule is CCOC(=O)c1ccc2c(c1)sc(=N)n2C. The Balaban J connectivity index is 2.52. The summed E-state index contributed by atoms with van der Waals surface area (Å²) in [7, 11) is 1.84. The molecule has 0 spiro atoms. The van der Waals surface area contributed by atoms with E-state index in [2.05, 4.69) is 0 Å². The van der Waals surface area contributed by atoms with Crippen molar-refractivity contribution in [2.75, 3.05) is 6.61 Å². The zero-order valence-electron chi connectivity index (χ0n) is 9.11. The Morgan fingerprint density at radius 3 is 3.00 bits per heavy atom. The number of hydrogen-bond donors (Lipinski definition) is 1. The largest absolute Gasteiger partial charge is 0.462 e. The third kappa shape index (κ3) is 1.74. The van der Waals surface area contributed by atoms with Gasteiger partial charge in [-0.15, -0.1) is 0 Å². The third-order valence-electron chi connectivity index (χ3n) is 2.34. The third-order valence-corrected chi connectivity index (χ3v) is 3.36. The first-order chi connectivity index (χ1) is 7.63. The fourth-order valence-corrected chi connectivity index (χ4v) is 2.44. The highest BCUT2D eigenvalue weighted by Crippen LogP contribution is 2.18. The van der Waals surface area contributed by atoms with Crippen LogP contribution in [0.5, 0.6) is 0 Å². The van der Waals surface area contributed by atoms with Crippen LogP contribution in [-0.2, 0) is 11.8 Å². The van der Waals surface area contributed by atoms with E-state index in [0.29, 0.717) is 17.0 Å². The maximum Gasteiger partial charge on any atom is 0.338 e. The number of aromatic nitrogens is 1. The predicted molar refractivity (Wildman–Crippen MR) is 62.6 cm³/mol. The van der Waals surface area contributed by atoms with Gasteiger partial charge >= 0.3 is 5.97 Å². The zero-order chi connectivity index (χ0) is 11.7. The molecule has 0 saturated carbocycles. The average Bonchev–Trinajstić information content (AvgIpc) is 2.55. The lowest BCUT2D eigenvalue weighted by Gasteiger charge is -2.01. The molecule has 1 heterocycles. The number of nitrogens with zero attached hydrogens (tertiary/aromatic N) is 1. The lowest BCUT2D eigenvalue weighted by atomic mass is 10.2. The van der Waals surface area contributed by atoms with Gasteiger partial charge in [0, 0.05) is 7.05 Å². The molecule has 0 bridgehead atoms. The number of ether oxygens (including phenoxy) is 1. The van der Waals surface area contributed by atoms with E-state index in [0.717, 1.165) is 10.2 Å². The molecule has 2 rings (SSSR count). The Hall–Kier alpha value is -1.62. The summed E-state index contributed by atoms with van der Waals surface area (Å²) in [5, 5.41) is 7.67. The van der Waals surface area contributed by atoms with Crippen molar-refractivity contribution in [3.63, 3.8) is 0 Å². The minimum Gasteiger partial charge on any atom is -0.462 e. The van der Waals surface area contributed by atoms with E-state index in [4.69, 9.17) is 10.1 Å². The van der Waals surface area contributed by atoms with Crippen LogP contribution in [0.15, 0.2) is 18.2 Å². The monoisotopic (exact) mass is 236 g/mol. The van der Waals surface area contributed by atoms with Gasteiger partial charge in [-0.25, -0.2) is 4.79 Å². The van der Waals surface area contributed by atoms with E-state index < -0.39 is 0 Å². The summed E-state index contributed by atoms with van der Waals surface area (Å²) in [4.78, 5) is 12.0. The standard InChI is InChI=1S/C11H12N2O2S/c1-3-15-10(14)7-4-5-8-9(6-7)16-11(12)13(8)2/h4-6,12H,3H2,1-2H3. The number of carbonyl (C=O) groups excluding carboxylic acids is 1. The van der Waals surface area contributed by atoms with Gasteiger partial charge in [0.2, 0.25) is 0 Å². The summed E-state index contributed by atoms with van der Waals surface area (Å²) in [5.41, 5.74) is 1.50. The van der Waals surface area contributed by atoms with Gasteiger partial charge in [0.15, 0.2) is 4.80 Å². The van der Waals surface area contributed by atoms with Gasteiger partial charge in [0.05, 0.1) is 22.4 Å². The summed E-state index contributed by atoms with van der Waals surface area (Å²) in [6.07, 6.45) is 0. The van der Waals surface area contributed by atoms with Gasteiger partial charge in [-0.1, -0.05) is 11.3 Å². The molecule has 1 N–H and O–H groups in total. The highest BCUT2D eigenvalue weighted by atomic mass is 32.1. The summed E-state index contributed by atoms with van der Waals surface area (Å²) in [6.45, 7) is 2.16. The molecular formula is C11H12N2O2S. The Bertz CT molecular complexity index is 598. The number of fused-ring (bicyclic) bond motifs is 1. The quantitative estimate of drug-likeness (QED) is 0.810. The van der Waals surface area contributed by atoms with Crippen LogP contribution in [0.3, 0.4) is 0 Å². The van der Waals surface area contributed by atoms with E-state index >= 15 is 0 Å². The summed E-state index contributed by atoms with van der Waals surface area (Å²) >= 11 is 1.35. The van der Waals surface area contributed by atoms with Crippen molar-refractivity contribution in [2.24, 2.45) is 7.05 Å². The molecule has 1 aromatic heterocycles. The molecule has 0 fully saturated rings. The van der Waals surface area contributed by atoms with Gasteiger partial charge in [-0.05, 0) is 25.1 Å². The van der Waals surface area contributed by atoms with Crippen LogP contribution in [0.25, 0.3) is 10.2 Å². The van der Waals surface area contributed by atoms with E-state index in [1.54, 1.807) is 23.6 Å². The fourth-order valence-electron chi connectivity index (χ4n) is 1.50. The van der Waals surface area contributed by atoms with Crippen molar-refractivity contribution in [2.45, 2.75) is 6.92 Å². The normalized spacial score (nSPS) is 10.6. The average molecular weight is 236 g/mol. The lowest BCUT2D eigenvalue weighted by molar-refractivity contribution is 0.0526. The molecule has 4 nitrogen and oxygen atoms in total. The van der Waals surface area contributed by atoms with Crippen LogP contribution in [0.4, 0.5) is 0 Å². The molecule has 16 heavy (non-hydrogen) atoms. The molecule has 0 amide bonds. The van der Waals surface area contributed by atoms with Crippen molar-refractivity contribution in [1.82, 2.24) is 4.57 Å². The number of esters is 1. The minimum atomic E-state index is -0.313. The van der Waals surface area contributed by atoms with Gasteiger partial charge in [-0.2, -0.15) is 0 Å². The van der Waals surface area contributed by atoms with E-state index in [-0.39, 0.29) is 5.97 Å². The number of rotatable bonds is 2. The predicted octanol–water partition coefficient (Wildman–Crippen LogP) is 1.90. The van der Waals surface area contributed by atoms with E-state index in [1.807, 2.05) is 13.1 Å². The molecule has 0 radical (unpaired) electrons. The van der Waals surface area contributed by atoms with Crippen LogP contribution < -0.4 is 4.80 Å². The first kappa shape index (κ1) is 10.9. The Labute approximate surface area is 96.6 Å². The molecule has 1 aromatic carbocycles. The van der Waals surface area contributed by atoms with Crippen molar-refractivity contribution < 1.29 is 9.53 Å². The Morgan fingerprint density at radius 1 is 1.56 bits per heavy atom. The topological polar surface area (TPSA) is 55.1 Å². The highest BCUT2D eigenvalue weighted by Gasteiger charge is 2.09. The van der Waals surface area contributed by atoms with Crippen LogP contribution in [0.2, 0.25) is 0 Å². The van der Waals surface area contributed by atoms with Crippen LogP contribution in [-0.4, -0.2) is 17.1 Å². The Kier molecular flexibility index (Phi) is 2.78. The van der Waals surface area contributed by atoms with Gasteiger partial charge in [0.25, 0.3) is 0 Å². The molecule has 2 aromatic rings. The maximum absolute atomic E-state index is 11.5. The smallest absolute Gasteiger partial charge is 0.338 e. The first-order valence-corrected chi connectivity index (χ1v) is 5.76. The summed E-state index contributed by atoms with van der Waals surface area (Å²) < 4.78 is 7.64. The first-order valence-electron chi connectivity index (χ1n) is 4.94. The second-order valence-electron chi connectivity index (χ2n) is 3.37. The molecule has 0 unspecified atom stereocenters. The second kappa shape index (κ2) is 4.09. The molecule has 0 aliphatic heterocycles. The van der Waals surface area contributed by atoms with Crippen LogP contribution >= 0.6 is 11.3 Å². The van der Waals surface area contributed by atoms with Crippen LogP contribution in [0, 0.1) is 5.41 Å². The second-order valence-corrected chi connectivity index (χ2v) is 4.40. The molecule has 0 aliphatic rings. The molecule has 5 heteroatoms. The van der Waals surface area contributed by atoms with Crippen molar-refractivity contribution in [3.05, 3.63) is 28.6 Å². The van der Waals surface area contributed by atoms with Gasteiger partial charge in [0.1, 0.15) is 0 Å². The van der Waals surface area contributed by atoms with Crippen molar-refractivity contribution in [3.8, 4) is 0 Å². The zero-order valence-corrected chi connectivity index (χ0v) is 9.93. The number of benzene rings is 1. The molecule has 0 saturated heterocycles. The molecule has 0 aliphatic carbocycles. The van der Waals surface area contributed by atoms with Crippen molar-refractivity contribution >= 4 is 27.5 Å². The van der Waals surface area contributed by atoms with Gasteiger partial charge < -0.3 is 9.30 Å². The van der Waals surface area contributed by atoms with E-state index in [9.17, 15) is 4.79 Å². The highest BCUT2D eigenvalue weighted by molar-refractivity contribution is 7.16. The molecule has 0 atom stereocenters. The number of aryl methyl sites for hydroxylation is 1. The molecular weight excluding hydrogens is 224 g/mol. The van der Waals surface area contributed by atoms with E-state index in [1.165, 1.54) is 11.3 Å². The molecule has 84 valence electrons. The number of carbonyl (C=O) groups is 1. The number of thiazole rings is 1. The Morgan fingerprint density at radius 2 is 2.31 bits per heavy atom. The van der Waals surface area contributed by atoms with Gasteiger partial charge in [-0.3, -0.25) is 5.41 Å². The lowest BCUT2D eigenvalue weighted by Crippen LogP contribution is -2.07.